The highest BCUT2D eigenvalue weighted by molar-refractivity contribution is 9.10. The topological polar surface area (TPSA) is 49.3 Å². The molecule has 1 heterocycles. The van der Waals surface area contributed by atoms with Crippen LogP contribution >= 0.6 is 15.9 Å². The minimum absolute atomic E-state index is 0.00598. The summed E-state index contributed by atoms with van der Waals surface area (Å²) in [5.74, 6) is 0.00598. The molecule has 0 aromatic heterocycles. The van der Waals surface area contributed by atoms with Crippen LogP contribution < -0.4 is 5.32 Å². The predicted molar refractivity (Wildman–Crippen MR) is 81.7 cm³/mol. The molecular weight excluding hydrogens is 318 g/mol. The van der Waals surface area contributed by atoms with Crippen LogP contribution in [0.1, 0.15) is 28.4 Å². The molecule has 1 aliphatic heterocycles. The van der Waals surface area contributed by atoms with E-state index < -0.39 is 6.10 Å². The van der Waals surface area contributed by atoms with Crippen molar-refractivity contribution in [1.82, 2.24) is 0 Å². The Morgan fingerprint density at radius 1 is 1.25 bits per heavy atom. The molecule has 0 saturated carbocycles. The van der Waals surface area contributed by atoms with Gasteiger partial charge in [-0.1, -0.05) is 34.1 Å². The Hall–Kier alpha value is -1.65. The summed E-state index contributed by atoms with van der Waals surface area (Å²) >= 11 is 3.42. The van der Waals surface area contributed by atoms with Gasteiger partial charge in [0, 0.05) is 10.2 Å². The maximum atomic E-state index is 11.4. The Kier molecular flexibility index (Phi) is 3.36. The summed E-state index contributed by atoms with van der Waals surface area (Å²) in [5, 5.41) is 13.3. The van der Waals surface area contributed by atoms with Gasteiger partial charge in [-0.25, -0.2) is 0 Å². The highest BCUT2D eigenvalue weighted by atomic mass is 79.9. The Bertz CT molecular complexity index is 697. The first-order valence-corrected chi connectivity index (χ1v) is 7.20. The third kappa shape index (κ3) is 2.37. The van der Waals surface area contributed by atoms with Crippen LogP contribution in [-0.2, 0) is 11.2 Å². The summed E-state index contributed by atoms with van der Waals surface area (Å²) in [7, 11) is 0. The second-order valence-corrected chi connectivity index (χ2v) is 5.96. The molecule has 3 nitrogen and oxygen atoms in total. The number of aliphatic hydroxyl groups excluding tert-OH is 1. The minimum atomic E-state index is -0.677. The number of anilines is 1. The van der Waals surface area contributed by atoms with Crippen LogP contribution in [0.4, 0.5) is 5.69 Å². The van der Waals surface area contributed by atoms with E-state index in [9.17, 15) is 9.90 Å². The third-order valence-corrected chi connectivity index (χ3v) is 4.09. The number of hydrogen-bond donors (Lipinski definition) is 2. The summed E-state index contributed by atoms with van der Waals surface area (Å²) in [4.78, 5) is 11.4. The molecule has 0 radical (unpaired) electrons. The van der Waals surface area contributed by atoms with Crippen molar-refractivity contribution < 1.29 is 9.90 Å². The van der Waals surface area contributed by atoms with Gasteiger partial charge in [-0.05, 0) is 47.4 Å². The maximum absolute atomic E-state index is 11.4. The van der Waals surface area contributed by atoms with Crippen molar-refractivity contribution >= 4 is 27.5 Å². The molecule has 1 amide bonds. The molecule has 1 unspecified atom stereocenters. The van der Waals surface area contributed by atoms with E-state index in [1.54, 1.807) is 0 Å². The zero-order valence-electron chi connectivity index (χ0n) is 11.0. The fourth-order valence-electron chi connectivity index (χ4n) is 2.54. The van der Waals surface area contributed by atoms with E-state index >= 15 is 0 Å². The number of rotatable bonds is 2. The molecule has 2 aromatic rings. The van der Waals surface area contributed by atoms with Gasteiger partial charge in [-0.15, -0.1) is 0 Å². The van der Waals surface area contributed by atoms with Gasteiger partial charge in [0.1, 0.15) is 6.10 Å². The van der Waals surface area contributed by atoms with Crippen molar-refractivity contribution in [3.8, 4) is 0 Å². The average molecular weight is 332 g/mol. The number of nitrogens with one attached hydrogen (secondary N) is 1. The Morgan fingerprint density at radius 2 is 2.05 bits per heavy atom. The van der Waals surface area contributed by atoms with E-state index in [0.717, 1.165) is 32.4 Å². The van der Waals surface area contributed by atoms with Gasteiger partial charge < -0.3 is 10.4 Å². The van der Waals surface area contributed by atoms with Crippen LogP contribution in [-0.4, -0.2) is 11.0 Å². The summed E-state index contributed by atoms with van der Waals surface area (Å²) < 4.78 is 0.995. The van der Waals surface area contributed by atoms with E-state index in [-0.39, 0.29) is 5.91 Å². The number of hydrogen-bond acceptors (Lipinski definition) is 2. The molecule has 20 heavy (non-hydrogen) atoms. The number of aliphatic hydroxyl groups is 1. The highest BCUT2D eigenvalue weighted by Gasteiger charge is 2.20. The second kappa shape index (κ2) is 5.04. The van der Waals surface area contributed by atoms with Crippen LogP contribution in [0.15, 0.2) is 40.9 Å². The van der Waals surface area contributed by atoms with Gasteiger partial charge in [0.15, 0.2) is 0 Å². The Morgan fingerprint density at radius 3 is 2.80 bits per heavy atom. The molecule has 2 aromatic carbocycles. The van der Waals surface area contributed by atoms with Gasteiger partial charge in [0.2, 0.25) is 5.91 Å². The monoisotopic (exact) mass is 331 g/mol. The quantitative estimate of drug-likeness (QED) is 0.886. The normalized spacial score (nSPS) is 14.8. The predicted octanol–water partition coefficient (Wildman–Crippen LogP) is 3.33. The summed E-state index contributed by atoms with van der Waals surface area (Å²) in [6.45, 7) is 1.97. The van der Waals surface area contributed by atoms with Crippen LogP contribution in [0.5, 0.6) is 0 Å². The molecule has 0 fully saturated rings. The molecule has 102 valence electrons. The molecular formula is C16H14BrNO2. The lowest BCUT2D eigenvalue weighted by atomic mass is 9.96. The zero-order valence-corrected chi connectivity index (χ0v) is 12.6. The van der Waals surface area contributed by atoms with Crippen molar-refractivity contribution in [3.63, 3.8) is 0 Å². The zero-order chi connectivity index (χ0) is 14.3. The fraction of sp³-hybridized carbons (Fsp3) is 0.188. The highest BCUT2D eigenvalue weighted by Crippen LogP contribution is 2.31. The van der Waals surface area contributed by atoms with E-state index in [1.807, 2.05) is 43.3 Å². The lowest BCUT2D eigenvalue weighted by Gasteiger charge is -2.15. The van der Waals surface area contributed by atoms with Crippen LogP contribution in [0.3, 0.4) is 0 Å². The molecule has 1 atom stereocenters. The van der Waals surface area contributed by atoms with Gasteiger partial charge in [-0.3, -0.25) is 4.79 Å². The molecule has 0 bridgehead atoms. The molecule has 4 heteroatoms. The van der Waals surface area contributed by atoms with Gasteiger partial charge in [-0.2, -0.15) is 0 Å². The number of aryl methyl sites for hydroxylation is 1. The smallest absolute Gasteiger partial charge is 0.228 e. The number of carbonyl (C=O) groups is 1. The lowest BCUT2D eigenvalue weighted by molar-refractivity contribution is -0.115. The van der Waals surface area contributed by atoms with E-state index in [0.29, 0.717) is 6.42 Å². The summed E-state index contributed by atoms with van der Waals surface area (Å²) in [6, 6.07) is 11.4. The van der Waals surface area contributed by atoms with Crippen molar-refractivity contribution in [1.29, 1.82) is 0 Å². The molecule has 1 aliphatic rings. The Balaban J connectivity index is 1.97. The van der Waals surface area contributed by atoms with Crippen LogP contribution in [0.2, 0.25) is 0 Å². The largest absolute Gasteiger partial charge is 0.384 e. The first-order chi connectivity index (χ1) is 9.54. The lowest BCUT2D eigenvalue weighted by Crippen LogP contribution is -2.03. The second-order valence-electron chi connectivity index (χ2n) is 5.04. The van der Waals surface area contributed by atoms with Crippen molar-refractivity contribution in [2.75, 3.05) is 5.32 Å². The number of benzene rings is 2. The fourth-order valence-corrected chi connectivity index (χ4v) is 3.02. The first kappa shape index (κ1) is 13.3. The SMILES string of the molecule is Cc1cc(Br)ccc1C(O)c1ccc2c(c1)CC(=O)N2. The Labute approximate surface area is 125 Å². The van der Waals surface area contributed by atoms with Crippen LogP contribution in [0, 0.1) is 6.92 Å². The molecule has 0 spiro atoms. The number of halogens is 1. The summed E-state index contributed by atoms with van der Waals surface area (Å²) in [5.41, 5.74) is 4.51. The standard InChI is InChI=1S/C16H14BrNO2/c1-9-6-12(17)3-4-13(9)16(20)10-2-5-14-11(7-10)8-15(19)18-14/h2-7,16,20H,8H2,1H3,(H,18,19). The summed E-state index contributed by atoms with van der Waals surface area (Å²) in [6.07, 6.45) is -0.293. The first-order valence-electron chi connectivity index (χ1n) is 6.41. The molecule has 0 saturated heterocycles. The number of carbonyl (C=O) groups excluding carboxylic acids is 1. The van der Waals surface area contributed by atoms with Gasteiger partial charge in [0.05, 0.1) is 6.42 Å². The van der Waals surface area contributed by atoms with Crippen LogP contribution in [0.25, 0.3) is 0 Å². The van der Waals surface area contributed by atoms with Crippen molar-refractivity contribution in [2.45, 2.75) is 19.4 Å². The molecule has 3 rings (SSSR count). The number of fused-ring (bicyclic) bond motifs is 1. The number of amides is 1. The minimum Gasteiger partial charge on any atom is -0.384 e. The van der Waals surface area contributed by atoms with Crippen molar-refractivity contribution in [2.24, 2.45) is 0 Å². The van der Waals surface area contributed by atoms with E-state index in [2.05, 4.69) is 21.2 Å². The van der Waals surface area contributed by atoms with Gasteiger partial charge >= 0.3 is 0 Å². The maximum Gasteiger partial charge on any atom is 0.228 e. The third-order valence-electron chi connectivity index (χ3n) is 3.60. The van der Waals surface area contributed by atoms with E-state index in [1.165, 1.54) is 0 Å². The van der Waals surface area contributed by atoms with Gasteiger partial charge in [0.25, 0.3) is 0 Å². The average Bonchev–Trinajstić information content (AvgIpc) is 2.77. The van der Waals surface area contributed by atoms with E-state index in [4.69, 9.17) is 0 Å². The molecule has 2 N–H and O–H groups in total. The molecule has 0 aliphatic carbocycles. The van der Waals surface area contributed by atoms with Crippen molar-refractivity contribution in [3.05, 3.63) is 63.1 Å².